The van der Waals surface area contributed by atoms with Crippen molar-refractivity contribution in [2.24, 2.45) is 0 Å². The lowest BCUT2D eigenvalue weighted by Crippen LogP contribution is -2.29. The topological polar surface area (TPSA) is 17.1 Å². The lowest BCUT2D eigenvalue weighted by Gasteiger charge is -2.21. The van der Waals surface area contributed by atoms with Crippen molar-refractivity contribution in [3.63, 3.8) is 0 Å². The summed E-state index contributed by atoms with van der Waals surface area (Å²) in [6.45, 7) is 1.89. The summed E-state index contributed by atoms with van der Waals surface area (Å²) in [6.07, 6.45) is 1.83. The second-order valence-electron chi connectivity index (χ2n) is 4.14. The molecule has 1 saturated heterocycles. The fourth-order valence-corrected chi connectivity index (χ4v) is 3.34. The van der Waals surface area contributed by atoms with Gasteiger partial charge in [0.05, 0.1) is 10.3 Å². The number of Topliss-reactive ketones (excluding diaryl/α,β-unsaturated/α-hetero) is 1. The Morgan fingerprint density at radius 2 is 2.31 bits per heavy atom. The number of hydrogen-bond donors (Lipinski definition) is 0. The first kappa shape index (κ1) is 11.9. The molecule has 0 spiro atoms. The molecule has 86 valence electrons. The van der Waals surface area contributed by atoms with Crippen molar-refractivity contribution >= 4 is 29.1 Å². The first-order chi connectivity index (χ1) is 7.53. The van der Waals surface area contributed by atoms with Crippen molar-refractivity contribution in [1.29, 1.82) is 0 Å². The summed E-state index contributed by atoms with van der Waals surface area (Å²) < 4.78 is 13.1. The molecule has 1 aliphatic rings. The zero-order valence-electron chi connectivity index (χ0n) is 8.93. The van der Waals surface area contributed by atoms with Crippen LogP contribution in [0.15, 0.2) is 18.2 Å². The number of rotatable bonds is 2. The Balaban J connectivity index is 2.33. The molecule has 2 rings (SSSR count). The minimum absolute atomic E-state index is 0.121. The number of ketones is 1. The van der Waals surface area contributed by atoms with Crippen molar-refractivity contribution in [3.05, 3.63) is 34.6 Å². The summed E-state index contributed by atoms with van der Waals surface area (Å²) in [4.78, 5) is 12.2. The monoisotopic (exact) mass is 258 g/mol. The fourth-order valence-electron chi connectivity index (χ4n) is 1.92. The van der Waals surface area contributed by atoms with Gasteiger partial charge < -0.3 is 0 Å². The molecule has 1 heterocycles. The maximum Gasteiger partial charge on any atom is 0.181 e. The third-order valence-corrected chi connectivity index (χ3v) is 4.63. The second-order valence-corrected chi connectivity index (χ2v) is 6.17. The van der Waals surface area contributed by atoms with Crippen LogP contribution >= 0.6 is 23.4 Å². The van der Waals surface area contributed by atoms with Crippen molar-refractivity contribution < 1.29 is 9.18 Å². The molecular weight excluding hydrogens is 247 g/mol. The Labute approximate surface area is 103 Å². The highest BCUT2D eigenvalue weighted by atomic mass is 35.5. The van der Waals surface area contributed by atoms with E-state index in [0.717, 1.165) is 18.6 Å². The molecule has 0 amide bonds. The number of hydrogen-bond acceptors (Lipinski definition) is 2. The van der Waals surface area contributed by atoms with Crippen LogP contribution in [0, 0.1) is 5.82 Å². The maximum atomic E-state index is 13.6. The van der Waals surface area contributed by atoms with Crippen molar-refractivity contribution in [2.75, 3.05) is 5.75 Å². The van der Waals surface area contributed by atoms with E-state index in [4.69, 9.17) is 11.6 Å². The number of carbonyl (C=O) groups excluding carboxylic acids is 1. The SMILES string of the molecule is CC1(C(=O)c2ccc(Cl)cc2F)CCCS1. The number of carbonyl (C=O) groups is 1. The van der Waals surface area contributed by atoms with Crippen LogP contribution < -0.4 is 0 Å². The molecule has 0 aromatic heterocycles. The molecule has 0 saturated carbocycles. The third-order valence-electron chi connectivity index (χ3n) is 2.87. The van der Waals surface area contributed by atoms with Crippen LogP contribution in [0.4, 0.5) is 4.39 Å². The average molecular weight is 259 g/mol. The first-order valence-corrected chi connectivity index (χ1v) is 6.53. The largest absolute Gasteiger partial charge is 0.293 e. The number of halogens is 2. The van der Waals surface area contributed by atoms with E-state index in [0.29, 0.717) is 5.02 Å². The van der Waals surface area contributed by atoms with Gasteiger partial charge in [-0.3, -0.25) is 4.79 Å². The maximum absolute atomic E-state index is 13.6. The molecule has 1 atom stereocenters. The fraction of sp³-hybridized carbons (Fsp3) is 0.417. The Morgan fingerprint density at radius 3 is 2.88 bits per heavy atom. The van der Waals surface area contributed by atoms with Gasteiger partial charge in [0, 0.05) is 5.02 Å². The van der Waals surface area contributed by atoms with E-state index in [1.807, 2.05) is 6.92 Å². The molecule has 1 unspecified atom stereocenters. The summed E-state index contributed by atoms with van der Waals surface area (Å²) in [7, 11) is 0. The molecule has 0 radical (unpaired) electrons. The highest BCUT2D eigenvalue weighted by Crippen LogP contribution is 2.40. The highest BCUT2D eigenvalue weighted by Gasteiger charge is 2.38. The first-order valence-electron chi connectivity index (χ1n) is 5.17. The van der Waals surface area contributed by atoms with E-state index in [1.165, 1.54) is 12.1 Å². The Hall–Kier alpha value is -0.540. The normalized spacial score (nSPS) is 24.7. The molecule has 4 heteroatoms. The highest BCUT2D eigenvalue weighted by molar-refractivity contribution is 8.01. The van der Waals surface area contributed by atoms with Gasteiger partial charge in [-0.15, -0.1) is 11.8 Å². The minimum atomic E-state index is -0.522. The van der Waals surface area contributed by atoms with Gasteiger partial charge in [-0.25, -0.2) is 4.39 Å². The van der Waals surface area contributed by atoms with Crippen LogP contribution in [0.25, 0.3) is 0 Å². The van der Waals surface area contributed by atoms with Crippen molar-refractivity contribution in [3.8, 4) is 0 Å². The molecule has 1 aromatic rings. The Kier molecular flexibility index (Phi) is 3.27. The smallest absolute Gasteiger partial charge is 0.181 e. The van der Waals surface area contributed by atoms with E-state index < -0.39 is 10.6 Å². The molecule has 1 aliphatic heterocycles. The number of thioether (sulfide) groups is 1. The molecule has 0 bridgehead atoms. The lowest BCUT2D eigenvalue weighted by atomic mass is 9.94. The summed E-state index contributed by atoms with van der Waals surface area (Å²) in [6, 6.07) is 4.22. The van der Waals surface area contributed by atoms with Gasteiger partial charge in [-0.1, -0.05) is 11.6 Å². The van der Waals surface area contributed by atoms with E-state index >= 15 is 0 Å². The summed E-state index contributed by atoms with van der Waals surface area (Å²) >= 11 is 7.27. The molecular formula is C12H12ClFOS. The molecule has 0 aliphatic carbocycles. The van der Waals surface area contributed by atoms with Gasteiger partial charge in [0.2, 0.25) is 0 Å². The Bertz CT molecular complexity index is 427. The zero-order chi connectivity index (χ0) is 11.8. The van der Waals surface area contributed by atoms with Gasteiger partial charge in [0.15, 0.2) is 5.78 Å². The Morgan fingerprint density at radius 1 is 1.56 bits per heavy atom. The predicted octanol–water partition coefficient (Wildman–Crippen LogP) is 3.95. The van der Waals surface area contributed by atoms with Gasteiger partial charge in [0.25, 0.3) is 0 Å². The zero-order valence-corrected chi connectivity index (χ0v) is 10.5. The van der Waals surface area contributed by atoms with Crippen molar-refractivity contribution in [1.82, 2.24) is 0 Å². The molecule has 16 heavy (non-hydrogen) atoms. The summed E-state index contributed by atoms with van der Waals surface area (Å²) in [5.74, 6) is 0.327. The van der Waals surface area contributed by atoms with Crippen LogP contribution in [0.3, 0.4) is 0 Å². The van der Waals surface area contributed by atoms with E-state index in [2.05, 4.69) is 0 Å². The molecule has 1 nitrogen and oxygen atoms in total. The van der Waals surface area contributed by atoms with Gasteiger partial charge in [-0.2, -0.15) is 0 Å². The van der Waals surface area contributed by atoms with Crippen LogP contribution in [0.5, 0.6) is 0 Å². The van der Waals surface area contributed by atoms with Gasteiger partial charge in [-0.05, 0) is 43.7 Å². The summed E-state index contributed by atoms with van der Waals surface area (Å²) in [5.41, 5.74) is 0.154. The van der Waals surface area contributed by atoms with E-state index in [-0.39, 0.29) is 11.3 Å². The van der Waals surface area contributed by atoms with Gasteiger partial charge >= 0.3 is 0 Å². The van der Waals surface area contributed by atoms with E-state index in [1.54, 1.807) is 17.8 Å². The molecule has 1 aromatic carbocycles. The minimum Gasteiger partial charge on any atom is -0.293 e. The van der Waals surface area contributed by atoms with Crippen LogP contribution in [-0.2, 0) is 0 Å². The van der Waals surface area contributed by atoms with Gasteiger partial charge in [0.1, 0.15) is 5.82 Å². The predicted molar refractivity (Wildman–Crippen MR) is 65.8 cm³/mol. The summed E-state index contributed by atoms with van der Waals surface area (Å²) in [5, 5.41) is 0.318. The molecule has 0 N–H and O–H groups in total. The van der Waals surface area contributed by atoms with Crippen LogP contribution in [0.2, 0.25) is 5.02 Å². The quantitative estimate of drug-likeness (QED) is 0.748. The average Bonchev–Trinajstić information content (AvgIpc) is 2.66. The standard InChI is InChI=1S/C12H12ClFOS/c1-12(5-2-6-16-12)11(15)9-4-3-8(13)7-10(9)14/h3-4,7H,2,5-6H2,1H3. The second kappa shape index (κ2) is 4.38. The molecule has 1 fully saturated rings. The lowest BCUT2D eigenvalue weighted by molar-refractivity contribution is 0.0945. The van der Waals surface area contributed by atoms with Crippen LogP contribution in [0.1, 0.15) is 30.1 Å². The van der Waals surface area contributed by atoms with Crippen LogP contribution in [-0.4, -0.2) is 16.3 Å². The third kappa shape index (κ3) is 2.11. The van der Waals surface area contributed by atoms with Crippen molar-refractivity contribution in [2.45, 2.75) is 24.5 Å². The van der Waals surface area contributed by atoms with E-state index in [9.17, 15) is 9.18 Å². The number of benzene rings is 1.